The number of nitrogens with one attached hydrogen (secondary N) is 2. The fraction of sp³-hybridized carbons (Fsp3) is 0.296. The minimum absolute atomic E-state index is 0.0700. The van der Waals surface area contributed by atoms with E-state index >= 15 is 0 Å². The van der Waals surface area contributed by atoms with E-state index in [4.69, 9.17) is 4.74 Å². The first-order valence-electron chi connectivity index (χ1n) is 11.4. The van der Waals surface area contributed by atoms with Crippen LogP contribution in [0.15, 0.2) is 77.7 Å². The summed E-state index contributed by atoms with van der Waals surface area (Å²) in [5, 5.41) is 2.99. The number of aryl methyl sites for hydroxylation is 1. The predicted molar refractivity (Wildman–Crippen MR) is 136 cm³/mol. The van der Waals surface area contributed by atoms with Gasteiger partial charge in [0.2, 0.25) is 15.9 Å². The fourth-order valence-electron chi connectivity index (χ4n) is 3.73. The van der Waals surface area contributed by atoms with Crippen molar-refractivity contribution in [3.8, 4) is 5.75 Å². The van der Waals surface area contributed by atoms with Crippen LogP contribution in [0.1, 0.15) is 43.4 Å². The number of para-hydroxylation sites is 1. The molecule has 0 bridgehead atoms. The minimum atomic E-state index is -3.95. The Kier molecular flexibility index (Phi) is 8.47. The maximum atomic E-state index is 13.4. The van der Waals surface area contributed by atoms with Gasteiger partial charge in [0.15, 0.2) is 0 Å². The molecule has 0 aliphatic heterocycles. The van der Waals surface area contributed by atoms with Gasteiger partial charge < -0.3 is 10.1 Å². The summed E-state index contributed by atoms with van der Waals surface area (Å²) in [5.74, 6) is 0.374. The van der Waals surface area contributed by atoms with Crippen LogP contribution >= 0.6 is 0 Å². The summed E-state index contributed by atoms with van der Waals surface area (Å²) in [6.45, 7) is 8.39. The number of anilines is 1. The molecule has 3 aromatic carbocycles. The first-order valence-corrected chi connectivity index (χ1v) is 12.9. The summed E-state index contributed by atoms with van der Waals surface area (Å²) >= 11 is 0. The van der Waals surface area contributed by atoms with Crippen LogP contribution in [0.2, 0.25) is 0 Å². The summed E-state index contributed by atoms with van der Waals surface area (Å²) in [6, 6.07) is 20.4. The van der Waals surface area contributed by atoms with E-state index in [0.29, 0.717) is 12.4 Å². The highest BCUT2D eigenvalue weighted by Crippen LogP contribution is 2.28. The Morgan fingerprint density at radius 3 is 2.24 bits per heavy atom. The van der Waals surface area contributed by atoms with Crippen LogP contribution in [-0.2, 0) is 21.2 Å². The Labute approximate surface area is 202 Å². The number of amides is 1. The maximum Gasteiger partial charge on any atom is 0.242 e. The molecule has 0 aliphatic carbocycles. The average molecular weight is 481 g/mol. The molecule has 0 saturated carbocycles. The first-order chi connectivity index (χ1) is 16.2. The lowest BCUT2D eigenvalue weighted by Gasteiger charge is -2.22. The lowest BCUT2D eigenvalue weighted by atomic mass is 9.97. The molecule has 180 valence electrons. The Bertz CT molecular complexity index is 1210. The molecular weight excluding hydrogens is 448 g/mol. The van der Waals surface area contributed by atoms with E-state index in [-0.39, 0.29) is 17.2 Å². The second kappa shape index (κ2) is 11.3. The predicted octanol–water partition coefficient (Wildman–Crippen LogP) is 5.05. The molecule has 0 aromatic heterocycles. The molecule has 0 saturated heterocycles. The SMILES string of the molecule is CCOc1ccc(S(=O)(=O)N[C@H](Cc2ccccc2)C(=O)Nc2c(C)cccc2C(C)C)cc1. The summed E-state index contributed by atoms with van der Waals surface area (Å²) in [4.78, 5) is 13.5. The Balaban J connectivity index is 1.90. The Morgan fingerprint density at radius 2 is 1.62 bits per heavy atom. The second-order valence-electron chi connectivity index (χ2n) is 8.45. The number of rotatable bonds is 10. The van der Waals surface area contributed by atoms with Gasteiger partial charge >= 0.3 is 0 Å². The number of hydrogen-bond donors (Lipinski definition) is 2. The molecule has 1 amide bonds. The lowest BCUT2D eigenvalue weighted by Crippen LogP contribution is -2.45. The standard InChI is InChI=1S/C27H32N2O4S/c1-5-33-22-14-16-23(17-15-22)34(31,32)29-25(18-21-11-7-6-8-12-21)27(30)28-26-20(4)10-9-13-24(26)19(2)3/h6-17,19,25,29H,5,18H2,1-4H3,(H,28,30)/t25-/m1/s1. The van der Waals surface area contributed by atoms with Gasteiger partial charge in [0, 0.05) is 5.69 Å². The highest BCUT2D eigenvalue weighted by Gasteiger charge is 2.27. The monoisotopic (exact) mass is 480 g/mol. The zero-order valence-electron chi connectivity index (χ0n) is 20.0. The highest BCUT2D eigenvalue weighted by molar-refractivity contribution is 7.89. The van der Waals surface area contributed by atoms with Crippen molar-refractivity contribution in [1.82, 2.24) is 4.72 Å². The van der Waals surface area contributed by atoms with Gasteiger partial charge in [0.25, 0.3) is 0 Å². The zero-order valence-corrected chi connectivity index (χ0v) is 20.9. The second-order valence-corrected chi connectivity index (χ2v) is 10.2. The molecule has 0 unspecified atom stereocenters. The number of hydrogen-bond acceptors (Lipinski definition) is 4. The third-order valence-corrected chi connectivity index (χ3v) is 7.00. The molecule has 1 atom stereocenters. The van der Waals surface area contributed by atoms with E-state index in [1.807, 2.05) is 62.4 Å². The summed E-state index contributed by atoms with van der Waals surface area (Å²) in [6.07, 6.45) is 0.214. The minimum Gasteiger partial charge on any atom is -0.494 e. The van der Waals surface area contributed by atoms with Crippen molar-refractivity contribution < 1.29 is 17.9 Å². The van der Waals surface area contributed by atoms with Gasteiger partial charge in [-0.1, -0.05) is 62.4 Å². The van der Waals surface area contributed by atoms with E-state index in [1.54, 1.807) is 12.1 Å². The molecule has 3 rings (SSSR count). The fourth-order valence-corrected chi connectivity index (χ4v) is 4.92. The Morgan fingerprint density at radius 1 is 0.941 bits per heavy atom. The molecule has 0 spiro atoms. The van der Waals surface area contributed by atoms with Crippen LogP contribution in [0.3, 0.4) is 0 Å². The van der Waals surface area contributed by atoms with Crippen molar-refractivity contribution in [3.05, 3.63) is 89.5 Å². The largest absolute Gasteiger partial charge is 0.494 e. The third kappa shape index (κ3) is 6.46. The number of sulfonamides is 1. The Hall–Kier alpha value is -3.16. The number of carbonyl (C=O) groups is 1. The van der Waals surface area contributed by atoms with Crippen LogP contribution in [0.25, 0.3) is 0 Å². The molecule has 3 aromatic rings. The van der Waals surface area contributed by atoms with Crippen molar-refractivity contribution in [1.29, 1.82) is 0 Å². The van der Waals surface area contributed by atoms with Crippen molar-refractivity contribution >= 4 is 21.6 Å². The lowest BCUT2D eigenvalue weighted by molar-refractivity contribution is -0.117. The van der Waals surface area contributed by atoms with Gasteiger partial charge in [-0.15, -0.1) is 0 Å². The molecule has 2 N–H and O–H groups in total. The average Bonchev–Trinajstić information content (AvgIpc) is 2.81. The highest BCUT2D eigenvalue weighted by atomic mass is 32.2. The van der Waals surface area contributed by atoms with Crippen LogP contribution in [0, 0.1) is 6.92 Å². The van der Waals surface area contributed by atoms with Gasteiger partial charge in [-0.25, -0.2) is 8.42 Å². The van der Waals surface area contributed by atoms with Gasteiger partial charge in [-0.2, -0.15) is 4.72 Å². The van der Waals surface area contributed by atoms with Crippen LogP contribution in [-0.4, -0.2) is 27.0 Å². The number of ether oxygens (including phenoxy) is 1. The van der Waals surface area contributed by atoms with Crippen molar-refractivity contribution in [2.45, 2.75) is 51.0 Å². The summed E-state index contributed by atoms with van der Waals surface area (Å²) in [7, 11) is -3.95. The van der Waals surface area contributed by atoms with Gasteiger partial charge in [-0.3, -0.25) is 4.79 Å². The summed E-state index contributed by atoms with van der Waals surface area (Å²) < 4.78 is 34.4. The topological polar surface area (TPSA) is 84.5 Å². The van der Waals surface area contributed by atoms with Crippen LogP contribution in [0.4, 0.5) is 5.69 Å². The smallest absolute Gasteiger partial charge is 0.242 e. The quantitative estimate of drug-likeness (QED) is 0.426. The number of benzene rings is 3. The van der Waals surface area contributed by atoms with E-state index in [2.05, 4.69) is 23.9 Å². The molecule has 0 aliphatic rings. The van der Waals surface area contributed by atoms with Crippen molar-refractivity contribution in [2.75, 3.05) is 11.9 Å². The van der Waals surface area contributed by atoms with Crippen LogP contribution in [0.5, 0.6) is 5.75 Å². The maximum absolute atomic E-state index is 13.4. The molecule has 0 fully saturated rings. The van der Waals surface area contributed by atoms with Crippen molar-refractivity contribution in [2.24, 2.45) is 0 Å². The molecule has 0 radical (unpaired) electrons. The van der Waals surface area contributed by atoms with E-state index in [1.165, 1.54) is 12.1 Å². The van der Waals surface area contributed by atoms with Crippen LogP contribution < -0.4 is 14.8 Å². The summed E-state index contributed by atoms with van der Waals surface area (Å²) in [5.41, 5.74) is 3.50. The van der Waals surface area contributed by atoms with Gasteiger partial charge in [-0.05, 0) is 67.1 Å². The molecule has 7 heteroatoms. The van der Waals surface area contributed by atoms with E-state index < -0.39 is 22.0 Å². The molecule has 0 heterocycles. The molecule has 34 heavy (non-hydrogen) atoms. The van der Waals surface area contributed by atoms with Gasteiger partial charge in [0.05, 0.1) is 11.5 Å². The zero-order chi connectivity index (χ0) is 24.7. The van der Waals surface area contributed by atoms with E-state index in [9.17, 15) is 13.2 Å². The molecule has 6 nitrogen and oxygen atoms in total. The third-order valence-electron chi connectivity index (χ3n) is 5.52. The van der Waals surface area contributed by atoms with Crippen molar-refractivity contribution in [3.63, 3.8) is 0 Å². The van der Waals surface area contributed by atoms with Gasteiger partial charge in [0.1, 0.15) is 11.8 Å². The normalized spacial score (nSPS) is 12.4. The number of carbonyl (C=O) groups excluding carboxylic acids is 1. The molecular formula is C27H32N2O4S. The first kappa shape index (κ1) is 25.5. The van der Waals surface area contributed by atoms with E-state index in [0.717, 1.165) is 22.4 Å².